The van der Waals surface area contributed by atoms with Crippen LogP contribution in [0.25, 0.3) is 0 Å². The van der Waals surface area contributed by atoms with Crippen LogP contribution < -0.4 is 10.6 Å². The fourth-order valence-corrected chi connectivity index (χ4v) is 4.01. The molecular weight excluding hydrogens is 304 g/mol. The van der Waals surface area contributed by atoms with Crippen molar-refractivity contribution in [1.82, 2.24) is 15.5 Å². The van der Waals surface area contributed by atoms with Gasteiger partial charge in [-0.05, 0) is 31.3 Å². The Hall–Kier alpha value is -1.07. The summed E-state index contributed by atoms with van der Waals surface area (Å²) in [6.07, 6.45) is 5.50. The van der Waals surface area contributed by atoms with E-state index in [1.54, 1.807) is 0 Å². The molecule has 0 atom stereocenters. The fourth-order valence-electron chi connectivity index (χ4n) is 3.15. The van der Waals surface area contributed by atoms with E-state index >= 15 is 0 Å². The fraction of sp³-hybridized carbons (Fsp3) is 0.722. The second-order valence-corrected chi connectivity index (χ2v) is 8.08. The van der Waals surface area contributed by atoms with Gasteiger partial charge in [-0.2, -0.15) is 0 Å². The largest absolute Gasteiger partial charge is 0.356 e. The van der Waals surface area contributed by atoms with Crippen molar-refractivity contribution in [2.45, 2.75) is 51.0 Å². The number of hydrogen-bond donors (Lipinski definition) is 2. The lowest BCUT2D eigenvalue weighted by molar-refractivity contribution is 0.249. The monoisotopic (exact) mass is 336 g/mol. The molecule has 0 saturated heterocycles. The molecule has 0 radical (unpaired) electrons. The third-order valence-electron chi connectivity index (χ3n) is 4.81. The first-order valence-electron chi connectivity index (χ1n) is 8.71. The molecule has 1 heterocycles. The van der Waals surface area contributed by atoms with Crippen LogP contribution in [0.4, 0.5) is 0 Å². The minimum atomic E-state index is 0.117. The predicted molar refractivity (Wildman–Crippen MR) is 102 cm³/mol. The van der Waals surface area contributed by atoms with Crippen LogP contribution in [0.15, 0.2) is 22.5 Å². The van der Waals surface area contributed by atoms with Gasteiger partial charge < -0.3 is 15.5 Å². The van der Waals surface area contributed by atoms with E-state index in [1.807, 2.05) is 18.4 Å². The molecule has 1 aliphatic carbocycles. The maximum atomic E-state index is 4.35. The van der Waals surface area contributed by atoms with E-state index in [0.717, 1.165) is 31.6 Å². The molecule has 2 N–H and O–H groups in total. The van der Waals surface area contributed by atoms with E-state index in [9.17, 15) is 0 Å². The third kappa shape index (κ3) is 5.50. The predicted octanol–water partition coefficient (Wildman–Crippen LogP) is 3.07. The molecule has 1 aromatic rings. The molecule has 130 valence electrons. The highest BCUT2D eigenvalue weighted by atomic mass is 32.1. The van der Waals surface area contributed by atoms with Crippen LogP contribution in [0.1, 0.15) is 44.4 Å². The summed E-state index contributed by atoms with van der Waals surface area (Å²) in [7, 11) is 4.09. The normalized spacial score (nSPS) is 17.0. The summed E-state index contributed by atoms with van der Waals surface area (Å²) >= 11 is 1.82. The maximum Gasteiger partial charge on any atom is 0.191 e. The lowest BCUT2D eigenvalue weighted by Gasteiger charge is -2.26. The number of likely N-dealkylation sites (N-methyl/N-ethyl adjacent to an activating group) is 1. The minimum absolute atomic E-state index is 0.117. The number of aliphatic imine (C=N–C) groups is 1. The van der Waals surface area contributed by atoms with Gasteiger partial charge in [0.2, 0.25) is 0 Å². The van der Waals surface area contributed by atoms with Crippen LogP contribution in [0.3, 0.4) is 0 Å². The SMILES string of the molecule is CN=C(NCCN(C)C1CCCC1)NCC(C)(C)c1cccs1. The second kappa shape index (κ2) is 8.69. The van der Waals surface area contributed by atoms with E-state index in [1.165, 1.54) is 30.6 Å². The summed E-state index contributed by atoms with van der Waals surface area (Å²) in [6, 6.07) is 5.11. The molecule has 0 aliphatic heterocycles. The highest BCUT2D eigenvalue weighted by molar-refractivity contribution is 7.10. The third-order valence-corrected chi connectivity index (χ3v) is 6.05. The van der Waals surface area contributed by atoms with Gasteiger partial charge in [-0.1, -0.05) is 32.8 Å². The van der Waals surface area contributed by atoms with Crippen molar-refractivity contribution < 1.29 is 0 Å². The lowest BCUT2D eigenvalue weighted by Crippen LogP contribution is -2.45. The lowest BCUT2D eigenvalue weighted by atomic mass is 9.91. The van der Waals surface area contributed by atoms with E-state index in [0.29, 0.717) is 0 Å². The second-order valence-electron chi connectivity index (χ2n) is 7.13. The van der Waals surface area contributed by atoms with Crippen LogP contribution in [0.2, 0.25) is 0 Å². The van der Waals surface area contributed by atoms with Crippen molar-refractivity contribution >= 4 is 17.3 Å². The zero-order chi connectivity index (χ0) is 16.7. The highest BCUT2D eigenvalue weighted by Gasteiger charge is 2.22. The van der Waals surface area contributed by atoms with Gasteiger partial charge in [-0.3, -0.25) is 4.99 Å². The Labute approximate surface area is 145 Å². The molecule has 0 unspecified atom stereocenters. The summed E-state index contributed by atoms with van der Waals surface area (Å²) in [4.78, 5) is 8.24. The van der Waals surface area contributed by atoms with Gasteiger partial charge in [0.05, 0.1) is 0 Å². The molecule has 2 rings (SSSR count). The van der Waals surface area contributed by atoms with Crippen LogP contribution in [-0.4, -0.2) is 50.6 Å². The van der Waals surface area contributed by atoms with Crippen molar-refractivity contribution in [1.29, 1.82) is 0 Å². The number of nitrogens with zero attached hydrogens (tertiary/aromatic N) is 2. The van der Waals surface area contributed by atoms with Crippen molar-refractivity contribution in [3.05, 3.63) is 22.4 Å². The summed E-state index contributed by atoms with van der Waals surface area (Å²) in [5.41, 5.74) is 0.117. The number of hydrogen-bond acceptors (Lipinski definition) is 3. The molecule has 5 heteroatoms. The Morgan fingerprint density at radius 1 is 1.35 bits per heavy atom. The van der Waals surface area contributed by atoms with Gasteiger partial charge in [0.1, 0.15) is 0 Å². The van der Waals surface area contributed by atoms with E-state index in [4.69, 9.17) is 0 Å². The van der Waals surface area contributed by atoms with E-state index in [-0.39, 0.29) is 5.41 Å². The molecule has 1 saturated carbocycles. The first-order valence-corrected chi connectivity index (χ1v) is 9.59. The zero-order valence-electron chi connectivity index (χ0n) is 15.1. The Kier molecular flexibility index (Phi) is 6.90. The number of rotatable bonds is 7. The number of thiophene rings is 1. The topological polar surface area (TPSA) is 39.7 Å². The molecule has 0 amide bonds. The average Bonchev–Trinajstić information content (AvgIpc) is 3.24. The molecule has 0 bridgehead atoms. The summed E-state index contributed by atoms with van der Waals surface area (Å²) in [5.74, 6) is 0.898. The molecule has 1 aromatic heterocycles. The van der Waals surface area contributed by atoms with Gasteiger partial charge in [0.25, 0.3) is 0 Å². The van der Waals surface area contributed by atoms with Crippen molar-refractivity contribution in [3.8, 4) is 0 Å². The Morgan fingerprint density at radius 2 is 2.09 bits per heavy atom. The standard InChI is InChI=1S/C18H32N4S/c1-18(2,16-10-7-13-23-16)14-21-17(19-3)20-11-12-22(4)15-8-5-6-9-15/h7,10,13,15H,5-6,8-9,11-12,14H2,1-4H3,(H2,19,20,21). The molecule has 0 aromatic carbocycles. The minimum Gasteiger partial charge on any atom is -0.356 e. The average molecular weight is 337 g/mol. The van der Waals surface area contributed by atoms with Gasteiger partial charge in [-0.25, -0.2) is 0 Å². The van der Waals surface area contributed by atoms with E-state index < -0.39 is 0 Å². The highest BCUT2D eigenvalue weighted by Crippen LogP contribution is 2.26. The van der Waals surface area contributed by atoms with Crippen molar-refractivity contribution in [2.75, 3.05) is 33.7 Å². The van der Waals surface area contributed by atoms with Crippen LogP contribution in [0, 0.1) is 0 Å². The number of nitrogens with one attached hydrogen (secondary N) is 2. The zero-order valence-corrected chi connectivity index (χ0v) is 15.9. The van der Waals surface area contributed by atoms with E-state index in [2.05, 4.69) is 58.9 Å². The Bertz CT molecular complexity index is 475. The van der Waals surface area contributed by atoms with Crippen LogP contribution in [0.5, 0.6) is 0 Å². The molecular formula is C18H32N4S. The first-order chi connectivity index (χ1) is 11.0. The maximum absolute atomic E-state index is 4.35. The quantitative estimate of drug-likeness (QED) is 0.594. The summed E-state index contributed by atoms with van der Waals surface area (Å²) < 4.78 is 0. The first kappa shape index (κ1) is 18.3. The van der Waals surface area contributed by atoms with Crippen LogP contribution >= 0.6 is 11.3 Å². The Morgan fingerprint density at radius 3 is 2.70 bits per heavy atom. The Balaban J connectivity index is 1.71. The summed E-state index contributed by atoms with van der Waals surface area (Å²) in [5, 5.41) is 9.05. The molecule has 1 aliphatic rings. The van der Waals surface area contributed by atoms with Crippen molar-refractivity contribution in [3.63, 3.8) is 0 Å². The van der Waals surface area contributed by atoms with Gasteiger partial charge in [-0.15, -0.1) is 11.3 Å². The smallest absolute Gasteiger partial charge is 0.191 e. The van der Waals surface area contributed by atoms with Gasteiger partial charge in [0.15, 0.2) is 5.96 Å². The van der Waals surface area contributed by atoms with Crippen molar-refractivity contribution in [2.24, 2.45) is 4.99 Å². The van der Waals surface area contributed by atoms with Crippen LogP contribution in [-0.2, 0) is 5.41 Å². The molecule has 0 spiro atoms. The summed E-state index contributed by atoms with van der Waals surface area (Å²) in [6.45, 7) is 7.43. The molecule has 4 nitrogen and oxygen atoms in total. The van der Waals surface area contributed by atoms with Gasteiger partial charge >= 0.3 is 0 Å². The molecule has 23 heavy (non-hydrogen) atoms. The van der Waals surface area contributed by atoms with Gasteiger partial charge in [0, 0.05) is 43.0 Å². The molecule has 1 fully saturated rings. The number of guanidine groups is 1.